The predicted molar refractivity (Wildman–Crippen MR) is 120 cm³/mol. The number of ether oxygens (including phenoxy) is 3. The van der Waals surface area contributed by atoms with Gasteiger partial charge in [-0.2, -0.15) is 0 Å². The number of non-ortho nitro benzene ring substituents is 1. The third-order valence-electron chi connectivity index (χ3n) is 4.83. The summed E-state index contributed by atoms with van der Waals surface area (Å²) in [5.74, 6) is 0.304. The second kappa shape index (κ2) is 9.19. The quantitative estimate of drug-likeness (QED) is 0.174. The van der Waals surface area contributed by atoms with Crippen molar-refractivity contribution in [2.75, 3.05) is 7.11 Å². The van der Waals surface area contributed by atoms with Gasteiger partial charge in [0.1, 0.15) is 17.2 Å². The van der Waals surface area contributed by atoms with Gasteiger partial charge in [0.2, 0.25) is 5.78 Å². The van der Waals surface area contributed by atoms with Crippen molar-refractivity contribution in [3.05, 3.63) is 111 Å². The number of ketones is 1. The van der Waals surface area contributed by atoms with E-state index in [1.807, 2.05) is 24.3 Å². The van der Waals surface area contributed by atoms with Crippen LogP contribution in [0.25, 0.3) is 6.08 Å². The van der Waals surface area contributed by atoms with E-state index >= 15 is 0 Å². The monoisotopic (exact) mass is 443 g/mol. The smallest absolute Gasteiger partial charge is 0.343 e. The first-order valence-corrected chi connectivity index (χ1v) is 9.81. The fraction of sp³-hybridized carbons (Fsp3) is 0.0400. The summed E-state index contributed by atoms with van der Waals surface area (Å²) >= 11 is 0. The normalized spacial score (nSPS) is 13.6. The maximum absolute atomic E-state index is 12.6. The molecular weight excluding hydrogens is 426 g/mol. The molecule has 3 aromatic carbocycles. The second-order valence-corrected chi connectivity index (χ2v) is 6.91. The first-order chi connectivity index (χ1) is 16.0. The first kappa shape index (κ1) is 21.5. The molecule has 33 heavy (non-hydrogen) atoms. The highest BCUT2D eigenvalue weighted by Crippen LogP contribution is 2.34. The summed E-state index contributed by atoms with van der Waals surface area (Å²) in [5.41, 5.74) is 1.22. The Morgan fingerprint density at radius 1 is 1.06 bits per heavy atom. The van der Waals surface area contributed by atoms with E-state index in [-0.39, 0.29) is 34.3 Å². The van der Waals surface area contributed by atoms with E-state index in [2.05, 4.69) is 0 Å². The van der Waals surface area contributed by atoms with Crippen LogP contribution in [0, 0.1) is 10.1 Å². The summed E-state index contributed by atoms with van der Waals surface area (Å²) < 4.78 is 16.3. The fourth-order valence-electron chi connectivity index (χ4n) is 3.17. The van der Waals surface area contributed by atoms with Gasteiger partial charge in [0.25, 0.3) is 5.69 Å². The lowest BCUT2D eigenvalue weighted by atomic mass is 10.1. The van der Waals surface area contributed by atoms with Crippen molar-refractivity contribution in [3.8, 4) is 17.2 Å². The number of carbonyl (C=O) groups excluding carboxylic acids is 2. The van der Waals surface area contributed by atoms with Gasteiger partial charge in [-0.3, -0.25) is 14.9 Å². The van der Waals surface area contributed by atoms with Crippen LogP contribution in [-0.2, 0) is 0 Å². The SMILES string of the molecule is COc1ccccc1C=CC=C1Oc2cc(OC(=O)c3ccc([N+](=O)[O-])cc3)ccc2C1=O. The van der Waals surface area contributed by atoms with Gasteiger partial charge in [0.15, 0.2) is 5.76 Å². The number of benzene rings is 3. The Morgan fingerprint density at radius 3 is 2.55 bits per heavy atom. The molecule has 0 aliphatic carbocycles. The summed E-state index contributed by atoms with van der Waals surface area (Å²) in [6.07, 6.45) is 5.03. The maximum Gasteiger partial charge on any atom is 0.343 e. The summed E-state index contributed by atoms with van der Waals surface area (Å²) in [7, 11) is 1.58. The number of nitro benzene ring substituents is 1. The van der Waals surface area contributed by atoms with Gasteiger partial charge in [-0.25, -0.2) is 4.79 Å². The van der Waals surface area contributed by atoms with Crippen molar-refractivity contribution < 1.29 is 28.7 Å². The predicted octanol–water partition coefficient (Wildman–Crippen LogP) is 5.00. The number of rotatable bonds is 6. The molecule has 164 valence electrons. The van der Waals surface area contributed by atoms with Gasteiger partial charge < -0.3 is 14.2 Å². The lowest BCUT2D eigenvalue weighted by Gasteiger charge is -2.05. The van der Waals surface area contributed by atoms with Crippen molar-refractivity contribution in [2.45, 2.75) is 0 Å². The van der Waals surface area contributed by atoms with Crippen molar-refractivity contribution in [1.29, 1.82) is 0 Å². The molecule has 0 amide bonds. The Morgan fingerprint density at radius 2 is 1.82 bits per heavy atom. The third kappa shape index (κ3) is 4.64. The average molecular weight is 443 g/mol. The third-order valence-corrected chi connectivity index (χ3v) is 4.83. The molecule has 8 heteroatoms. The van der Waals surface area contributed by atoms with Crippen LogP contribution in [0.2, 0.25) is 0 Å². The summed E-state index contributed by atoms with van der Waals surface area (Å²) in [6, 6.07) is 17.0. The minimum absolute atomic E-state index is 0.130. The van der Waals surface area contributed by atoms with Crippen LogP contribution >= 0.6 is 0 Å². The number of nitrogens with zero attached hydrogens (tertiary/aromatic N) is 1. The van der Waals surface area contributed by atoms with Crippen LogP contribution in [0.1, 0.15) is 26.3 Å². The van der Waals surface area contributed by atoms with Crippen molar-refractivity contribution in [1.82, 2.24) is 0 Å². The Hall–Kier alpha value is -4.72. The molecule has 0 fully saturated rings. The molecule has 4 rings (SSSR count). The molecule has 0 aromatic heterocycles. The Bertz CT molecular complexity index is 1310. The highest BCUT2D eigenvalue weighted by atomic mass is 16.6. The molecule has 0 radical (unpaired) electrons. The van der Waals surface area contributed by atoms with Crippen molar-refractivity contribution >= 4 is 23.5 Å². The summed E-state index contributed by atoms with van der Waals surface area (Å²) in [6.45, 7) is 0. The van der Waals surface area contributed by atoms with Crippen LogP contribution in [-0.4, -0.2) is 23.8 Å². The van der Waals surface area contributed by atoms with Crippen molar-refractivity contribution in [2.24, 2.45) is 0 Å². The molecule has 0 atom stereocenters. The van der Waals surface area contributed by atoms with Gasteiger partial charge in [0.05, 0.1) is 23.2 Å². The van der Waals surface area contributed by atoms with Gasteiger partial charge in [-0.1, -0.05) is 30.4 Å². The molecule has 1 aliphatic heterocycles. The number of allylic oxidation sites excluding steroid dienone is 3. The van der Waals surface area contributed by atoms with E-state index in [1.54, 1.807) is 25.3 Å². The van der Waals surface area contributed by atoms with Crippen LogP contribution in [0.3, 0.4) is 0 Å². The van der Waals surface area contributed by atoms with Gasteiger partial charge >= 0.3 is 5.97 Å². The molecule has 1 aliphatic rings. The number of carbonyl (C=O) groups is 2. The second-order valence-electron chi connectivity index (χ2n) is 6.91. The van der Waals surface area contributed by atoms with Crippen LogP contribution in [0.4, 0.5) is 5.69 Å². The van der Waals surface area contributed by atoms with E-state index < -0.39 is 10.9 Å². The average Bonchev–Trinajstić information content (AvgIpc) is 3.14. The minimum Gasteiger partial charge on any atom is -0.496 e. The number of methoxy groups -OCH3 is 1. The van der Waals surface area contributed by atoms with E-state index in [0.717, 1.165) is 5.56 Å². The first-order valence-electron chi connectivity index (χ1n) is 9.81. The molecular formula is C25H17NO7. The minimum atomic E-state index is -0.690. The Labute approximate surface area is 188 Å². The maximum atomic E-state index is 12.6. The number of hydrogen-bond acceptors (Lipinski definition) is 7. The zero-order chi connectivity index (χ0) is 23.4. The van der Waals surface area contributed by atoms with Gasteiger partial charge in [-0.15, -0.1) is 0 Å². The van der Waals surface area contributed by atoms with Crippen LogP contribution < -0.4 is 14.2 Å². The molecule has 0 N–H and O–H groups in total. The van der Waals surface area contributed by atoms with Gasteiger partial charge in [0, 0.05) is 23.8 Å². The number of Topliss-reactive ketones (excluding diaryl/α,β-unsaturated/α-hetero) is 1. The number of hydrogen-bond donors (Lipinski definition) is 0. The molecule has 1 heterocycles. The lowest BCUT2D eigenvalue weighted by Crippen LogP contribution is -2.08. The zero-order valence-corrected chi connectivity index (χ0v) is 17.4. The zero-order valence-electron chi connectivity index (χ0n) is 17.4. The van der Waals surface area contributed by atoms with E-state index in [9.17, 15) is 19.7 Å². The number of nitro groups is 1. The Balaban J connectivity index is 1.47. The molecule has 0 saturated carbocycles. The largest absolute Gasteiger partial charge is 0.496 e. The standard InChI is InChI=1S/C25H17NO7/c1-31-21-7-3-2-5-16(21)6-4-8-22-24(27)20-14-13-19(15-23(20)33-22)32-25(28)17-9-11-18(12-10-17)26(29)30/h2-15H,1H3. The summed E-state index contributed by atoms with van der Waals surface area (Å²) in [5, 5.41) is 10.7. The van der Waals surface area contributed by atoms with E-state index in [1.165, 1.54) is 42.5 Å². The molecule has 0 saturated heterocycles. The topological polar surface area (TPSA) is 105 Å². The summed E-state index contributed by atoms with van der Waals surface area (Å²) in [4.78, 5) is 35.1. The number of esters is 1. The molecule has 0 spiro atoms. The number of para-hydroxylation sites is 1. The van der Waals surface area contributed by atoms with Crippen LogP contribution in [0.15, 0.2) is 84.6 Å². The molecule has 3 aromatic rings. The van der Waals surface area contributed by atoms with E-state index in [4.69, 9.17) is 14.2 Å². The lowest BCUT2D eigenvalue weighted by molar-refractivity contribution is -0.384. The van der Waals surface area contributed by atoms with Crippen LogP contribution in [0.5, 0.6) is 17.2 Å². The fourth-order valence-corrected chi connectivity index (χ4v) is 3.17. The Kier molecular flexibility index (Phi) is 5.99. The molecule has 8 nitrogen and oxygen atoms in total. The number of fused-ring (bicyclic) bond motifs is 1. The van der Waals surface area contributed by atoms with Gasteiger partial charge in [-0.05, 0) is 36.4 Å². The van der Waals surface area contributed by atoms with Crippen molar-refractivity contribution in [3.63, 3.8) is 0 Å². The van der Waals surface area contributed by atoms with E-state index in [0.29, 0.717) is 11.3 Å². The highest BCUT2D eigenvalue weighted by molar-refractivity contribution is 6.12. The molecule has 0 bridgehead atoms. The highest BCUT2D eigenvalue weighted by Gasteiger charge is 2.27. The molecule has 0 unspecified atom stereocenters.